The van der Waals surface area contributed by atoms with Crippen molar-refractivity contribution in [3.63, 3.8) is 0 Å². The Hall–Kier alpha value is -8.07. The maximum atomic E-state index is 5.59. The van der Waals surface area contributed by atoms with Crippen LogP contribution in [0.25, 0.3) is 94.3 Å². The van der Waals surface area contributed by atoms with Crippen molar-refractivity contribution in [3.8, 4) is 17.1 Å². The van der Waals surface area contributed by atoms with Gasteiger partial charge in [-0.15, -0.1) is 0 Å². The van der Waals surface area contributed by atoms with Crippen molar-refractivity contribution in [2.45, 2.75) is 0 Å². The third kappa shape index (κ3) is 6.13. The Morgan fingerprint density at radius 3 is 1.33 bits per heavy atom. The SMILES string of the molecule is C=Cc1cccc2c1c1ccccc1n2-c1cccc(C2=NC(c3cccc(-n4c5ccccc5c5ccccc54)c3)=NC(c3cccc(-n4c5ccccc5c5ccccc54)c3)=C[I-]2)c1. The number of para-hydroxylation sites is 5. The molecule has 0 radical (unpaired) electrons. The van der Waals surface area contributed by atoms with Crippen LogP contribution in [0.4, 0.5) is 0 Å². The molecule has 0 atom stereocenters. The number of hydrogen-bond acceptors (Lipinski definition) is 2. The molecular weight excluding hydrogens is 918 g/mol. The summed E-state index contributed by atoms with van der Waals surface area (Å²) in [6.07, 6.45) is 1.96. The Kier molecular flexibility index (Phi) is 9.06. The Morgan fingerprint density at radius 1 is 0.379 bits per heavy atom. The first-order valence-corrected chi connectivity index (χ1v) is 24.5. The quantitative estimate of drug-likeness (QED) is 0.143. The molecule has 6 heteroatoms. The second-order valence-corrected chi connectivity index (χ2v) is 18.9. The summed E-state index contributed by atoms with van der Waals surface area (Å²) < 4.78 is 10.5. The predicted octanol–water partition coefficient (Wildman–Crippen LogP) is 11.9. The minimum atomic E-state index is -0.760. The van der Waals surface area contributed by atoms with Gasteiger partial charge in [-0.3, -0.25) is 0 Å². The molecule has 4 heterocycles. The van der Waals surface area contributed by atoms with Crippen LogP contribution >= 0.6 is 0 Å². The van der Waals surface area contributed by atoms with E-state index in [0.29, 0.717) is 5.84 Å². The van der Waals surface area contributed by atoms with E-state index in [9.17, 15) is 0 Å². The third-order valence-electron chi connectivity index (χ3n) is 12.9. The van der Waals surface area contributed by atoms with Gasteiger partial charge in [0.05, 0.1) is 0 Å². The van der Waals surface area contributed by atoms with Crippen LogP contribution in [-0.2, 0) is 0 Å². The predicted molar refractivity (Wildman–Crippen MR) is 273 cm³/mol. The van der Waals surface area contributed by atoms with Gasteiger partial charge >= 0.3 is 394 Å². The van der Waals surface area contributed by atoms with E-state index in [0.717, 1.165) is 59.8 Å². The van der Waals surface area contributed by atoms with Crippen LogP contribution in [-0.4, -0.2) is 23.3 Å². The van der Waals surface area contributed by atoms with E-state index >= 15 is 0 Å². The molecule has 13 rings (SSSR count). The summed E-state index contributed by atoms with van der Waals surface area (Å²) in [5.74, 6) is 0.691. The number of aromatic nitrogens is 3. The van der Waals surface area contributed by atoms with Crippen molar-refractivity contribution < 1.29 is 21.2 Å². The average Bonchev–Trinajstić information content (AvgIpc) is 3.95. The maximum absolute atomic E-state index is 5.59. The summed E-state index contributed by atoms with van der Waals surface area (Å²) >= 11 is -0.760. The first-order valence-electron chi connectivity index (χ1n) is 22.1. The first kappa shape index (κ1) is 38.4. The normalized spacial score (nSPS) is 13.2. The summed E-state index contributed by atoms with van der Waals surface area (Å²) in [4.78, 5) is 11.1. The number of fused-ring (bicyclic) bond motifs is 9. The van der Waals surface area contributed by atoms with Crippen LogP contribution in [0.5, 0.6) is 0 Å². The van der Waals surface area contributed by atoms with Gasteiger partial charge in [-0.2, -0.15) is 0 Å². The van der Waals surface area contributed by atoms with Crippen molar-refractivity contribution in [1.82, 2.24) is 13.7 Å². The van der Waals surface area contributed by atoms with Gasteiger partial charge in [-0.1, -0.05) is 0 Å². The van der Waals surface area contributed by atoms with Crippen LogP contribution in [0.2, 0.25) is 0 Å². The standard InChI is InChI=1S/C60H39IN5/c1-2-39-17-16-34-57-58(39)50-28-7-12-33-56(50)66(57)44-22-14-19-41(36-44)59-61-38-51(40-18-13-21-43(35-40)64-52-29-8-3-24-46(52)47-25-4-9-30-53(47)64)62-60(63-59)42-20-15-23-45(37-42)65-54-31-10-5-26-48(54)49-27-6-11-32-55(49)65/h2-38H,1H2/q-1. The van der Waals surface area contributed by atoms with Crippen LogP contribution in [0, 0.1) is 0 Å². The second-order valence-electron chi connectivity index (χ2n) is 16.6. The molecule has 312 valence electrons. The monoisotopic (exact) mass is 956 g/mol. The van der Waals surface area contributed by atoms with Gasteiger partial charge < -0.3 is 0 Å². The van der Waals surface area contributed by atoms with E-state index in [1.165, 1.54) is 54.4 Å². The summed E-state index contributed by atoms with van der Waals surface area (Å²) in [6, 6.07) is 76.3. The summed E-state index contributed by atoms with van der Waals surface area (Å²) in [5.41, 5.74) is 15.4. The van der Waals surface area contributed by atoms with Crippen LogP contribution < -0.4 is 21.2 Å². The van der Waals surface area contributed by atoms with Crippen molar-refractivity contribution >= 4 is 86.7 Å². The van der Waals surface area contributed by atoms with E-state index in [4.69, 9.17) is 9.98 Å². The molecule has 5 nitrogen and oxygen atoms in total. The van der Waals surface area contributed by atoms with Gasteiger partial charge in [0.15, 0.2) is 0 Å². The number of aliphatic imine (C=N–C) groups is 2. The topological polar surface area (TPSA) is 39.5 Å². The van der Waals surface area contributed by atoms with E-state index in [2.05, 4.69) is 237 Å². The van der Waals surface area contributed by atoms with Gasteiger partial charge in [0.2, 0.25) is 0 Å². The van der Waals surface area contributed by atoms with Crippen LogP contribution in [0.1, 0.15) is 22.3 Å². The molecule has 1 aliphatic heterocycles. The van der Waals surface area contributed by atoms with Gasteiger partial charge in [-0.25, -0.2) is 0 Å². The van der Waals surface area contributed by atoms with Crippen molar-refractivity contribution in [3.05, 3.63) is 245 Å². The molecule has 1 aliphatic rings. The van der Waals surface area contributed by atoms with E-state index in [-0.39, 0.29) is 0 Å². The Labute approximate surface area is 391 Å². The molecule has 0 bridgehead atoms. The zero-order valence-electron chi connectivity index (χ0n) is 35.7. The molecule has 0 spiro atoms. The molecular formula is C60H39IN5-. The molecule has 12 aromatic rings. The van der Waals surface area contributed by atoms with Crippen LogP contribution in [0.3, 0.4) is 0 Å². The third-order valence-corrected chi connectivity index (χ3v) is 15.3. The number of amidine groups is 1. The van der Waals surface area contributed by atoms with Crippen LogP contribution in [0.15, 0.2) is 233 Å². The average molecular weight is 957 g/mol. The molecule has 3 aromatic heterocycles. The van der Waals surface area contributed by atoms with Crippen molar-refractivity contribution in [2.75, 3.05) is 0 Å². The van der Waals surface area contributed by atoms with E-state index in [1.807, 2.05) is 6.08 Å². The summed E-state index contributed by atoms with van der Waals surface area (Å²) in [7, 11) is 0. The molecule has 0 aliphatic carbocycles. The van der Waals surface area contributed by atoms with Gasteiger partial charge in [-0.05, 0) is 0 Å². The second kappa shape index (κ2) is 15.6. The minimum absolute atomic E-state index is 0.691. The number of benzene rings is 9. The van der Waals surface area contributed by atoms with Gasteiger partial charge in [0.25, 0.3) is 0 Å². The number of nitrogens with zero attached hydrogens (tertiary/aromatic N) is 5. The van der Waals surface area contributed by atoms with Gasteiger partial charge in [0, 0.05) is 0 Å². The number of halogens is 1. The summed E-state index contributed by atoms with van der Waals surface area (Å²) in [6.45, 7) is 4.16. The van der Waals surface area contributed by atoms with Gasteiger partial charge in [0.1, 0.15) is 0 Å². The summed E-state index contributed by atoms with van der Waals surface area (Å²) in [5, 5.41) is 7.36. The molecule has 0 saturated heterocycles. The molecule has 0 N–H and O–H groups in total. The number of hydrogen-bond donors (Lipinski definition) is 0. The van der Waals surface area contributed by atoms with Crippen molar-refractivity contribution in [1.29, 1.82) is 0 Å². The zero-order chi connectivity index (χ0) is 43.7. The first-order chi connectivity index (χ1) is 32.7. The Balaban J connectivity index is 0.985. The fraction of sp³-hybridized carbons (Fsp3) is 0. The molecule has 66 heavy (non-hydrogen) atoms. The van der Waals surface area contributed by atoms with E-state index < -0.39 is 21.2 Å². The zero-order valence-corrected chi connectivity index (χ0v) is 37.8. The van der Waals surface area contributed by atoms with Crippen molar-refractivity contribution in [2.24, 2.45) is 9.98 Å². The molecule has 0 amide bonds. The molecule has 0 unspecified atom stereocenters. The fourth-order valence-corrected chi connectivity index (χ4v) is 12.2. The molecule has 9 aromatic carbocycles. The molecule has 0 saturated carbocycles. The molecule has 0 fully saturated rings. The fourth-order valence-electron chi connectivity index (χ4n) is 10.0. The van der Waals surface area contributed by atoms with E-state index in [1.54, 1.807) is 0 Å². The Morgan fingerprint density at radius 2 is 0.788 bits per heavy atom. The number of rotatable bonds is 7. The Bertz CT molecular complexity index is 3950.